The maximum Gasteiger partial charge on any atom is 0.336 e. The molecule has 33 heavy (non-hydrogen) atoms. The summed E-state index contributed by atoms with van der Waals surface area (Å²) in [6.07, 6.45) is 1.61. The molecule has 0 saturated heterocycles. The van der Waals surface area contributed by atoms with Crippen LogP contribution >= 0.6 is 0 Å². The molecule has 9 nitrogen and oxygen atoms in total. The Balaban J connectivity index is 1.42. The molecule has 1 aliphatic rings. The molecule has 0 bridgehead atoms. The van der Waals surface area contributed by atoms with E-state index in [2.05, 4.69) is 9.97 Å². The van der Waals surface area contributed by atoms with E-state index < -0.39 is 16.1 Å². The zero-order chi connectivity index (χ0) is 23.2. The molecule has 5 rings (SSSR count). The molecule has 0 radical (unpaired) electrons. The van der Waals surface area contributed by atoms with E-state index in [1.54, 1.807) is 30.3 Å². The van der Waals surface area contributed by atoms with E-state index in [1.165, 1.54) is 24.5 Å². The lowest BCUT2D eigenvalue weighted by Crippen LogP contribution is -2.49. The van der Waals surface area contributed by atoms with Gasteiger partial charge in [-0.1, -0.05) is 0 Å². The monoisotopic (exact) mass is 445 g/mol. The van der Waals surface area contributed by atoms with Gasteiger partial charge in [0.25, 0.3) is 5.69 Å². The van der Waals surface area contributed by atoms with Crippen LogP contribution < -0.4 is 15.1 Å². The number of fused-ring (bicyclic) bond motifs is 2. The highest BCUT2D eigenvalue weighted by molar-refractivity contribution is 5.79. The molecule has 3 heterocycles. The molecule has 9 heteroatoms. The van der Waals surface area contributed by atoms with Crippen LogP contribution in [-0.2, 0) is 6.42 Å². The van der Waals surface area contributed by atoms with Gasteiger partial charge in [-0.3, -0.25) is 10.1 Å². The predicted octanol–water partition coefficient (Wildman–Crippen LogP) is 4.32. The highest BCUT2D eigenvalue weighted by Crippen LogP contribution is 2.37. The van der Waals surface area contributed by atoms with E-state index in [1.807, 2.05) is 19.9 Å². The van der Waals surface area contributed by atoms with Gasteiger partial charge in [0.15, 0.2) is 0 Å². The minimum Gasteiger partial charge on any atom is -0.484 e. The van der Waals surface area contributed by atoms with Gasteiger partial charge in [0, 0.05) is 47.7 Å². The number of hydrogen-bond donors (Lipinski definition) is 0. The third-order valence-electron chi connectivity index (χ3n) is 5.64. The van der Waals surface area contributed by atoms with Crippen LogP contribution in [0.2, 0.25) is 0 Å². The van der Waals surface area contributed by atoms with Crippen molar-refractivity contribution in [3.63, 3.8) is 0 Å². The second kappa shape index (κ2) is 7.70. The topological polar surface area (TPSA) is 118 Å². The molecule has 0 saturated carbocycles. The quantitative estimate of drug-likeness (QED) is 0.259. The summed E-state index contributed by atoms with van der Waals surface area (Å²) >= 11 is 0. The van der Waals surface area contributed by atoms with E-state index in [-0.39, 0.29) is 11.8 Å². The lowest BCUT2D eigenvalue weighted by Gasteiger charge is -2.39. The molecule has 2 aromatic heterocycles. The molecule has 166 valence electrons. The summed E-state index contributed by atoms with van der Waals surface area (Å²) in [7, 11) is 0. The SMILES string of the molecule is CC1(C)Oc2cc3oc(=O)ccc3cc2C[C@@H]1Oc1cc(-c2ccc([N+](=O)[O-])cc2)ncn1. The Morgan fingerprint density at radius 2 is 1.88 bits per heavy atom. The van der Waals surface area contributed by atoms with E-state index in [4.69, 9.17) is 13.9 Å². The smallest absolute Gasteiger partial charge is 0.336 e. The van der Waals surface area contributed by atoms with Crippen LogP contribution in [0.15, 0.2) is 70.1 Å². The number of nitro groups is 1. The van der Waals surface area contributed by atoms with Gasteiger partial charge in [0.05, 0.1) is 10.6 Å². The Morgan fingerprint density at radius 1 is 1.09 bits per heavy atom. The first-order valence-corrected chi connectivity index (χ1v) is 10.3. The lowest BCUT2D eigenvalue weighted by molar-refractivity contribution is -0.384. The van der Waals surface area contributed by atoms with Crippen molar-refractivity contribution in [1.82, 2.24) is 9.97 Å². The predicted molar refractivity (Wildman–Crippen MR) is 119 cm³/mol. The van der Waals surface area contributed by atoms with E-state index >= 15 is 0 Å². The van der Waals surface area contributed by atoms with Crippen molar-refractivity contribution in [2.75, 3.05) is 0 Å². The van der Waals surface area contributed by atoms with Gasteiger partial charge in [-0.2, -0.15) is 0 Å². The third-order valence-corrected chi connectivity index (χ3v) is 5.64. The van der Waals surface area contributed by atoms with Crippen LogP contribution in [-0.4, -0.2) is 26.6 Å². The van der Waals surface area contributed by atoms with Crippen molar-refractivity contribution in [2.45, 2.75) is 32.0 Å². The van der Waals surface area contributed by atoms with Gasteiger partial charge < -0.3 is 13.9 Å². The van der Waals surface area contributed by atoms with Crippen LogP contribution in [0.4, 0.5) is 5.69 Å². The number of hydrogen-bond acceptors (Lipinski definition) is 8. The first-order valence-electron chi connectivity index (χ1n) is 10.3. The highest BCUT2D eigenvalue weighted by atomic mass is 16.6. The van der Waals surface area contributed by atoms with Gasteiger partial charge in [-0.15, -0.1) is 0 Å². The summed E-state index contributed by atoms with van der Waals surface area (Å²) in [5.41, 5.74) is 1.62. The van der Waals surface area contributed by atoms with E-state index in [0.717, 1.165) is 10.9 Å². The molecule has 2 aromatic carbocycles. The number of non-ortho nitro benzene ring substituents is 1. The van der Waals surface area contributed by atoms with Gasteiger partial charge in [0.1, 0.15) is 29.4 Å². The Bertz CT molecular complexity index is 1430. The normalized spacial score (nSPS) is 16.6. The third kappa shape index (κ3) is 4.00. The fourth-order valence-corrected chi connectivity index (χ4v) is 3.84. The van der Waals surface area contributed by atoms with Crippen molar-refractivity contribution >= 4 is 16.7 Å². The fraction of sp³-hybridized carbons (Fsp3) is 0.208. The molecule has 0 aliphatic carbocycles. The van der Waals surface area contributed by atoms with Crippen LogP contribution in [0.1, 0.15) is 19.4 Å². The Kier molecular flexibility index (Phi) is 4.81. The zero-order valence-electron chi connectivity index (χ0n) is 17.8. The average molecular weight is 445 g/mol. The minimum absolute atomic E-state index is 0.0100. The number of benzene rings is 2. The van der Waals surface area contributed by atoms with Gasteiger partial charge in [0.2, 0.25) is 5.88 Å². The molecule has 1 atom stereocenters. The number of nitrogens with zero attached hydrogens (tertiary/aromatic N) is 3. The average Bonchev–Trinajstić information content (AvgIpc) is 2.78. The van der Waals surface area contributed by atoms with Crippen molar-refractivity contribution in [3.05, 3.63) is 87.0 Å². The summed E-state index contributed by atoms with van der Waals surface area (Å²) in [6.45, 7) is 3.84. The standard InChI is InChI=1S/C24H19N3O6/c1-24(2)21(10-16-9-15-5-8-23(28)31-19(15)12-20(16)33-24)32-22-11-18(25-13-26-22)14-3-6-17(7-4-14)27(29)30/h3-9,11-13,21H,10H2,1-2H3/t21-/m0/s1. The summed E-state index contributed by atoms with van der Waals surface area (Å²) in [5.74, 6) is 1.02. The minimum atomic E-state index is -0.686. The molecular formula is C24H19N3O6. The van der Waals surface area contributed by atoms with Gasteiger partial charge in [-0.05, 0) is 43.7 Å². The first kappa shape index (κ1) is 20.6. The Hall–Kier alpha value is -4.27. The maximum absolute atomic E-state index is 11.5. The molecule has 4 aromatic rings. The molecule has 0 unspecified atom stereocenters. The van der Waals surface area contributed by atoms with Crippen molar-refractivity contribution < 1.29 is 18.8 Å². The van der Waals surface area contributed by atoms with Crippen LogP contribution in [0.5, 0.6) is 11.6 Å². The lowest BCUT2D eigenvalue weighted by atomic mass is 9.90. The Labute approximate surface area is 187 Å². The first-order chi connectivity index (χ1) is 15.8. The van der Waals surface area contributed by atoms with E-state index in [9.17, 15) is 14.9 Å². The number of ether oxygens (including phenoxy) is 2. The van der Waals surface area contributed by atoms with Crippen LogP contribution in [0, 0.1) is 10.1 Å². The van der Waals surface area contributed by atoms with E-state index in [0.29, 0.717) is 34.9 Å². The zero-order valence-corrected chi connectivity index (χ0v) is 17.8. The van der Waals surface area contributed by atoms with Crippen molar-refractivity contribution in [2.24, 2.45) is 0 Å². The van der Waals surface area contributed by atoms with Gasteiger partial charge >= 0.3 is 5.63 Å². The van der Waals surface area contributed by atoms with Crippen LogP contribution in [0.3, 0.4) is 0 Å². The summed E-state index contributed by atoms with van der Waals surface area (Å²) < 4.78 is 17.7. The molecule has 0 amide bonds. The summed E-state index contributed by atoms with van der Waals surface area (Å²) in [4.78, 5) is 30.5. The van der Waals surface area contributed by atoms with Crippen molar-refractivity contribution in [3.8, 4) is 22.9 Å². The summed E-state index contributed by atoms with van der Waals surface area (Å²) in [5, 5.41) is 11.7. The molecule has 0 fully saturated rings. The Morgan fingerprint density at radius 3 is 2.64 bits per heavy atom. The number of rotatable bonds is 4. The second-order valence-electron chi connectivity index (χ2n) is 8.31. The van der Waals surface area contributed by atoms with Crippen LogP contribution in [0.25, 0.3) is 22.2 Å². The maximum atomic E-state index is 11.5. The highest BCUT2D eigenvalue weighted by Gasteiger charge is 2.39. The fourth-order valence-electron chi connectivity index (χ4n) is 3.84. The summed E-state index contributed by atoms with van der Waals surface area (Å²) in [6, 6.07) is 14.6. The number of aromatic nitrogens is 2. The molecule has 1 aliphatic heterocycles. The molecule has 0 N–H and O–H groups in total. The molecule has 0 spiro atoms. The largest absolute Gasteiger partial charge is 0.484 e. The second-order valence-corrected chi connectivity index (χ2v) is 8.31. The van der Waals surface area contributed by atoms with Crippen molar-refractivity contribution in [1.29, 1.82) is 0 Å². The molecular weight excluding hydrogens is 426 g/mol. The number of nitro benzene ring substituents is 1. The van der Waals surface area contributed by atoms with Gasteiger partial charge in [-0.25, -0.2) is 14.8 Å².